The summed E-state index contributed by atoms with van der Waals surface area (Å²) < 4.78 is 2.07. The third kappa shape index (κ3) is 3.19. The molecule has 2 aromatic carbocycles. The summed E-state index contributed by atoms with van der Waals surface area (Å²) in [4.78, 5) is 8.95. The first kappa shape index (κ1) is 15.6. The molecule has 0 radical (unpaired) electrons. The van der Waals surface area contributed by atoms with Crippen molar-refractivity contribution >= 4 is 34.4 Å². The molecule has 0 fully saturated rings. The average Bonchev–Trinajstić information content (AvgIpc) is 3.11. The zero-order valence-corrected chi connectivity index (χ0v) is 14.5. The van der Waals surface area contributed by atoms with Crippen molar-refractivity contribution in [3.63, 3.8) is 0 Å². The maximum Gasteiger partial charge on any atom is 0.0703 e. The lowest BCUT2D eigenvalue weighted by atomic mass is 10.2. The van der Waals surface area contributed by atoms with Crippen molar-refractivity contribution < 1.29 is 0 Å². The highest BCUT2D eigenvalue weighted by molar-refractivity contribution is 6.31. The fourth-order valence-corrected chi connectivity index (χ4v) is 2.92. The average molecular weight is 346 g/mol. The van der Waals surface area contributed by atoms with Gasteiger partial charge in [0.25, 0.3) is 0 Å². The summed E-state index contributed by atoms with van der Waals surface area (Å²) in [5.74, 6) is 0. The van der Waals surface area contributed by atoms with Gasteiger partial charge in [-0.3, -0.25) is 9.98 Å². The molecule has 25 heavy (non-hydrogen) atoms. The number of aliphatic imine (C=N–C) groups is 1. The lowest BCUT2D eigenvalue weighted by molar-refractivity contribution is 1.06. The van der Waals surface area contributed by atoms with E-state index < -0.39 is 0 Å². The minimum absolute atomic E-state index is 0.760. The molecular weight excluding hydrogens is 330 g/mol. The van der Waals surface area contributed by atoms with Gasteiger partial charge in [0.1, 0.15) is 0 Å². The number of fused-ring (bicyclic) bond motifs is 1. The molecular formula is C21H16ClN3. The van der Waals surface area contributed by atoms with Crippen LogP contribution in [0.5, 0.6) is 0 Å². The molecule has 0 amide bonds. The molecule has 4 rings (SSSR count). The second-order valence-electron chi connectivity index (χ2n) is 5.88. The summed E-state index contributed by atoms with van der Waals surface area (Å²) >= 11 is 6.26. The van der Waals surface area contributed by atoms with Gasteiger partial charge in [0.15, 0.2) is 0 Å². The molecule has 2 aromatic heterocycles. The molecule has 4 heteroatoms. The zero-order valence-electron chi connectivity index (χ0n) is 13.7. The number of aryl methyl sites for hydroxylation is 1. The van der Waals surface area contributed by atoms with Gasteiger partial charge in [-0.1, -0.05) is 23.7 Å². The van der Waals surface area contributed by atoms with Gasteiger partial charge in [0.05, 0.1) is 23.1 Å². The Morgan fingerprint density at radius 1 is 1.04 bits per heavy atom. The first-order valence-electron chi connectivity index (χ1n) is 8.03. The van der Waals surface area contributed by atoms with Crippen LogP contribution in [0.4, 0.5) is 5.69 Å². The van der Waals surface area contributed by atoms with Gasteiger partial charge in [0.2, 0.25) is 0 Å². The minimum atomic E-state index is 0.760. The third-order valence-electron chi connectivity index (χ3n) is 4.15. The maximum atomic E-state index is 6.26. The van der Waals surface area contributed by atoms with E-state index in [0.717, 1.165) is 38.6 Å². The number of halogens is 1. The Morgan fingerprint density at radius 3 is 2.84 bits per heavy atom. The molecule has 2 heterocycles. The smallest absolute Gasteiger partial charge is 0.0703 e. The van der Waals surface area contributed by atoms with Crippen molar-refractivity contribution in [2.24, 2.45) is 4.99 Å². The fraction of sp³-hybridized carbons (Fsp3) is 0.0476. The SMILES string of the molecule is Cc1ccc(-n2cccc2C=Nc2ccc3ncccc3c2)cc1Cl. The molecule has 4 aromatic rings. The summed E-state index contributed by atoms with van der Waals surface area (Å²) in [7, 11) is 0. The van der Waals surface area contributed by atoms with E-state index >= 15 is 0 Å². The highest BCUT2D eigenvalue weighted by Gasteiger charge is 2.04. The van der Waals surface area contributed by atoms with Crippen LogP contribution in [0.1, 0.15) is 11.3 Å². The Kier molecular flexibility index (Phi) is 4.08. The predicted molar refractivity (Wildman–Crippen MR) is 105 cm³/mol. The zero-order chi connectivity index (χ0) is 17.2. The van der Waals surface area contributed by atoms with Crippen molar-refractivity contribution in [2.75, 3.05) is 0 Å². The largest absolute Gasteiger partial charge is 0.316 e. The normalized spacial score (nSPS) is 11.4. The van der Waals surface area contributed by atoms with E-state index in [2.05, 4.69) is 20.6 Å². The van der Waals surface area contributed by atoms with Crippen LogP contribution in [0.15, 0.2) is 78.0 Å². The van der Waals surface area contributed by atoms with Crippen molar-refractivity contribution in [3.05, 3.63) is 89.3 Å². The van der Waals surface area contributed by atoms with E-state index in [4.69, 9.17) is 11.6 Å². The molecule has 0 N–H and O–H groups in total. The molecule has 0 spiro atoms. The molecule has 3 nitrogen and oxygen atoms in total. The highest BCUT2D eigenvalue weighted by Crippen LogP contribution is 2.22. The first-order valence-corrected chi connectivity index (χ1v) is 8.41. The molecule has 0 aliphatic rings. The number of pyridine rings is 1. The highest BCUT2D eigenvalue weighted by atomic mass is 35.5. The third-order valence-corrected chi connectivity index (χ3v) is 4.55. The molecule has 0 saturated heterocycles. The topological polar surface area (TPSA) is 30.2 Å². The van der Waals surface area contributed by atoms with Crippen LogP contribution in [0.25, 0.3) is 16.6 Å². The van der Waals surface area contributed by atoms with Crippen LogP contribution < -0.4 is 0 Å². The lowest BCUT2D eigenvalue weighted by Gasteiger charge is -2.08. The number of nitrogens with zero attached hydrogens (tertiary/aromatic N) is 3. The van der Waals surface area contributed by atoms with Crippen molar-refractivity contribution in [1.29, 1.82) is 0 Å². The maximum absolute atomic E-state index is 6.26. The fourth-order valence-electron chi connectivity index (χ4n) is 2.75. The standard InChI is InChI=1S/C21H16ClN3/c1-15-6-8-18(13-20(15)22)25-11-3-5-19(25)14-24-17-7-9-21-16(12-17)4-2-10-23-21/h2-14H,1H3. The van der Waals surface area contributed by atoms with Crippen molar-refractivity contribution in [3.8, 4) is 5.69 Å². The van der Waals surface area contributed by atoms with Crippen LogP contribution in [0.3, 0.4) is 0 Å². The van der Waals surface area contributed by atoms with Crippen LogP contribution in [0.2, 0.25) is 5.02 Å². The summed E-state index contributed by atoms with van der Waals surface area (Å²) in [5, 5.41) is 1.84. The van der Waals surface area contributed by atoms with E-state index in [0.29, 0.717) is 0 Å². The van der Waals surface area contributed by atoms with E-state index in [1.54, 1.807) is 6.20 Å². The molecule has 0 atom stereocenters. The Bertz CT molecular complexity index is 1080. The van der Waals surface area contributed by atoms with Crippen LogP contribution in [-0.4, -0.2) is 15.8 Å². The van der Waals surface area contributed by atoms with Crippen LogP contribution >= 0.6 is 11.6 Å². The molecule has 0 aliphatic carbocycles. The number of rotatable bonds is 3. The van der Waals surface area contributed by atoms with E-state index in [9.17, 15) is 0 Å². The van der Waals surface area contributed by atoms with Gasteiger partial charge in [-0.05, 0) is 61.0 Å². The molecule has 0 bridgehead atoms. The van der Waals surface area contributed by atoms with Crippen LogP contribution in [-0.2, 0) is 0 Å². The number of hydrogen-bond acceptors (Lipinski definition) is 2. The van der Waals surface area contributed by atoms with Gasteiger partial charge in [-0.15, -0.1) is 0 Å². The number of hydrogen-bond donors (Lipinski definition) is 0. The summed E-state index contributed by atoms with van der Waals surface area (Å²) in [6.45, 7) is 2.00. The van der Waals surface area contributed by atoms with Crippen molar-refractivity contribution in [1.82, 2.24) is 9.55 Å². The number of benzene rings is 2. The van der Waals surface area contributed by atoms with Crippen molar-refractivity contribution in [2.45, 2.75) is 6.92 Å². The quantitative estimate of drug-likeness (QED) is 0.435. The minimum Gasteiger partial charge on any atom is -0.316 e. The molecule has 122 valence electrons. The van der Waals surface area contributed by atoms with Gasteiger partial charge in [0, 0.05) is 28.5 Å². The van der Waals surface area contributed by atoms with Crippen LogP contribution in [0, 0.1) is 6.92 Å². The molecule has 0 unspecified atom stereocenters. The summed E-state index contributed by atoms with van der Waals surface area (Å²) in [5.41, 5.74) is 4.95. The van der Waals surface area contributed by atoms with Gasteiger partial charge >= 0.3 is 0 Å². The van der Waals surface area contributed by atoms with Gasteiger partial charge in [-0.2, -0.15) is 0 Å². The first-order chi connectivity index (χ1) is 12.2. The summed E-state index contributed by atoms with van der Waals surface area (Å²) in [6, 6.07) is 20.0. The van der Waals surface area contributed by atoms with E-state index in [1.165, 1.54) is 0 Å². The Balaban J connectivity index is 1.67. The Hall–Kier alpha value is -2.91. The second kappa shape index (κ2) is 6.54. The van der Waals surface area contributed by atoms with Gasteiger partial charge < -0.3 is 4.57 Å². The van der Waals surface area contributed by atoms with E-state index in [1.807, 2.05) is 73.9 Å². The molecule has 0 saturated carbocycles. The summed E-state index contributed by atoms with van der Waals surface area (Å²) in [6.07, 6.45) is 5.67. The molecule has 0 aliphatic heterocycles. The van der Waals surface area contributed by atoms with E-state index in [-0.39, 0.29) is 0 Å². The Morgan fingerprint density at radius 2 is 1.96 bits per heavy atom. The monoisotopic (exact) mass is 345 g/mol. The Labute approximate surface area is 151 Å². The number of aromatic nitrogens is 2. The second-order valence-corrected chi connectivity index (χ2v) is 6.28. The lowest BCUT2D eigenvalue weighted by Crippen LogP contribution is -1.98. The van der Waals surface area contributed by atoms with Gasteiger partial charge in [-0.25, -0.2) is 0 Å². The predicted octanol–water partition coefficient (Wildman–Crippen LogP) is 5.74.